The molecule has 0 bridgehead atoms. The zero-order valence-corrected chi connectivity index (χ0v) is 14.5. The lowest BCUT2D eigenvalue weighted by Gasteiger charge is -2.21. The van der Waals surface area contributed by atoms with Crippen LogP contribution in [0.1, 0.15) is 17.2 Å². The van der Waals surface area contributed by atoms with E-state index >= 15 is 0 Å². The van der Waals surface area contributed by atoms with Crippen LogP contribution in [0.15, 0.2) is 40.9 Å². The topological polar surface area (TPSA) is 30.5 Å². The van der Waals surface area contributed by atoms with E-state index in [-0.39, 0.29) is 6.04 Å². The lowest BCUT2D eigenvalue weighted by atomic mass is 9.98. The van der Waals surface area contributed by atoms with Crippen molar-refractivity contribution in [3.63, 3.8) is 0 Å². The van der Waals surface area contributed by atoms with E-state index < -0.39 is 0 Å². The molecule has 112 valence electrons. The van der Waals surface area contributed by atoms with Gasteiger partial charge in [-0.3, -0.25) is 0 Å². The highest BCUT2D eigenvalue weighted by Gasteiger charge is 2.18. The van der Waals surface area contributed by atoms with Gasteiger partial charge in [0.05, 0.1) is 20.3 Å². The molecule has 1 N–H and O–H groups in total. The predicted octanol–water partition coefficient (Wildman–Crippen LogP) is 4.43. The summed E-state index contributed by atoms with van der Waals surface area (Å²) in [6.45, 7) is 0. The van der Waals surface area contributed by atoms with Crippen LogP contribution in [0.3, 0.4) is 0 Å². The summed E-state index contributed by atoms with van der Waals surface area (Å²) >= 11 is 9.63. The van der Waals surface area contributed by atoms with Crippen molar-refractivity contribution in [2.24, 2.45) is 0 Å². The summed E-state index contributed by atoms with van der Waals surface area (Å²) in [5.74, 6) is 1.53. The Hall–Kier alpha value is -1.23. The Morgan fingerprint density at radius 3 is 2.43 bits per heavy atom. The Bertz CT molecular complexity index is 613. The van der Waals surface area contributed by atoms with E-state index in [1.807, 2.05) is 43.4 Å². The van der Waals surface area contributed by atoms with E-state index in [2.05, 4.69) is 21.2 Å². The zero-order valence-electron chi connectivity index (χ0n) is 12.1. The van der Waals surface area contributed by atoms with Crippen molar-refractivity contribution >= 4 is 27.5 Å². The predicted molar refractivity (Wildman–Crippen MR) is 89.6 cm³/mol. The SMILES string of the molecule is CNC(c1cc(Cl)cc(Br)c1)c1ccc(OC)cc1OC. The van der Waals surface area contributed by atoms with Crippen molar-refractivity contribution in [1.29, 1.82) is 0 Å². The van der Waals surface area contributed by atoms with E-state index in [0.717, 1.165) is 27.1 Å². The quantitative estimate of drug-likeness (QED) is 0.844. The number of hydrogen-bond acceptors (Lipinski definition) is 3. The van der Waals surface area contributed by atoms with Crippen LogP contribution in [-0.2, 0) is 0 Å². The maximum absolute atomic E-state index is 6.15. The number of methoxy groups -OCH3 is 2. The molecule has 0 aromatic heterocycles. The minimum absolute atomic E-state index is 0.0270. The lowest BCUT2D eigenvalue weighted by molar-refractivity contribution is 0.388. The second-order valence-corrected chi connectivity index (χ2v) is 5.88. The van der Waals surface area contributed by atoms with Gasteiger partial charge in [-0.05, 0) is 42.9 Å². The van der Waals surface area contributed by atoms with E-state index in [1.54, 1.807) is 14.2 Å². The monoisotopic (exact) mass is 369 g/mol. The highest BCUT2D eigenvalue weighted by Crippen LogP contribution is 2.34. The molecule has 0 radical (unpaired) electrons. The van der Waals surface area contributed by atoms with Gasteiger partial charge in [0.25, 0.3) is 0 Å². The number of hydrogen-bond donors (Lipinski definition) is 1. The summed E-state index contributed by atoms with van der Waals surface area (Å²) in [5.41, 5.74) is 2.08. The van der Waals surface area contributed by atoms with E-state index in [1.165, 1.54) is 0 Å². The van der Waals surface area contributed by atoms with Gasteiger partial charge in [-0.1, -0.05) is 27.5 Å². The smallest absolute Gasteiger partial charge is 0.127 e. The molecule has 21 heavy (non-hydrogen) atoms. The molecule has 1 unspecified atom stereocenters. The molecule has 0 aliphatic rings. The normalized spacial score (nSPS) is 12.0. The molecule has 0 saturated heterocycles. The standard InChI is InChI=1S/C16H17BrClNO2/c1-19-16(10-6-11(17)8-12(18)7-10)14-5-4-13(20-2)9-15(14)21-3/h4-9,16,19H,1-3H3. The first-order chi connectivity index (χ1) is 10.1. The molecule has 2 aromatic rings. The summed E-state index contributed by atoms with van der Waals surface area (Å²) in [4.78, 5) is 0. The largest absolute Gasteiger partial charge is 0.497 e. The first kappa shape index (κ1) is 16.1. The van der Waals surface area contributed by atoms with Crippen molar-refractivity contribution in [3.8, 4) is 11.5 Å². The van der Waals surface area contributed by atoms with Crippen LogP contribution in [0.5, 0.6) is 11.5 Å². The first-order valence-electron chi connectivity index (χ1n) is 6.44. The molecule has 1 atom stereocenters. The van der Waals surface area contributed by atoms with Crippen molar-refractivity contribution < 1.29 is 9.47 Å². The van der Waals surface area contributed by atoms with Crippen LogP contribution >= 0.6 is 27.5 Å². The van der Waals surface area contributed by atoms with Gasteiger partial charge in [-0.15, -0.1) is 0 Å². The average Bonchev–Trinajstić information content (AvgIpc) is 2.47. The molecular weight excluding hydrogens is 354 g/mol. The van der Waals surface area contributed by atoms with E-state index in [9.17, 15) is 0 Å². The van der Waals surface area contributed by atoms with Crippen LogP contribution in [0.25, 0.3) is 0 Å². The highest BCUT2D eigenvalue weighted by molar-refractivity contribution is 9.10. The zero-order chi connectivity index (χ0) is 15.4. The molecule has 0 fully saturated rings. The third kappa shape index (κ3) is 3.70. The van der Waals surface area contributed by atoms with Gasteiger partial charge in [0.2, 0.25) is 0 Å². The van der Waals surface area contributed by atoms with Crippen molar-refractivity contribution in [2.45, 2.75) is 6.04 Å². The molecule has 5 heteroatoms. The molecule has 0 aliphatic heterocycles. The fourth-order valence-electron chi connectivity index (χ4n) is 2.30. The number of rotatable bonds is 5. The van der Waals surface area contributed by atoms with Crippen molar-refractivity contribution in [3.05, 3.63) is 57.0 Å². The summed E-state index contributed by atoms with van der Waals surface area (Å²) < 4.78 is 11.7. The summed E-state index contributed by atoms with van der Waals surface area (Å²) in [6, 6.07) is 11.6. The van der Waals surface area contributed by atoms with Gasteiger partial charge in [0, 0.05) is 21.1 Å². The van der Waals surface area contributed by atoms with Crippen LogP contribution in [-0.4, -0.2) is 21.3 Å². The van der Waals surface area contributed by atoms with Gasteiger partial charge in [0.1, 0.15) is 11.5 Å². The van der Waals surface area contributed by atoms with Crippen LogP contribution in [0.2, 0.25) is 5.02 Å². The van der Waals surface area contributed by atoms with Gasteiger partial charge in [-0.2, -0.15) is 0 Å². The molecule has 0 saturated carbocycles. The summed E-state index contributed by atoms with van der Waals surface area (Å²) in [7, 11) is 5.19. The molecule has 0 heterocycles. The summed E-state index contributed by atoms with van der Waals surface area (Å²) in [6.07, 6.45) is 0. The minimum Gasteiger partial charge on any atom is -0.497 e. The molecule has 0 amide bonds. The molecule has 0 spiro atoms. The Balaban J connectivity index is 2.50. The maximum atomic E-state index is 6.15. The van der Waals surface area contributed by atoms with Crippen molar-refractivity contribution in [1.82, 2.24) is 5.32 Å². The number of halogens is 2. The van der Waals surface area contributed by atoms with E-state index in [0.29, 0.717) is 5.02 Å². The maximum Gasteiger partial charge on any atom is 0.127 e. The van der Waals surface area contributed by atoms with Crippen LogP contribution in [0, 0.1) is 0 Å². The average molecular weight is 371 g/mol. The van der Waals surface area contributed by atoms with Gasteiger partial charge < -0.3 is 14.8 Å². The molecular formula is C16H17BrClNO2. The summed E-state index contributed by atoms with van der Waals surface area (Å²) in [5, 5.41) is 3.99. The molecule has 2 rings (SSSR count). The van der Waals surface area contributed by atoms with Crippen molar-refractivity contribution in [2.75, 3.05) is 21.3 Å². The minimum atomic E-state index is -0.0270. The lowest BCUT2D eigenvalue weighted by Crippen LogP contribution is -2.18. The van der Waals surface area contributed by atoms with Crippen LogP contribution in [0.4, 0.5) is 0 Å². The Kier molecular flexibility index (Phi) is 5.51. The fraction of sp³-hybridized carbons (Fsp3) is 0.250. The van der Waals surface area contributed by atoms with Gasteiger partial charge >= 0.3 is 0 Å². The highest BCUT2D eigenvalue weighted by atomic mass is 79.9. The Labute approximate surface area is 138 Å². The Morgan fingerprint density at radius 1 is 1.10 bits per heavy atom. The van der Waals surface area contributed by atoms with Gasteiger partial charge in [0.15, 0.2) is 0 Å². The third-order valence-corrected chi connectivity index (χ3v) is 3.93. The second-order valence-electron chi connectivity index (χ2n) is 4.53. The first-order valence-corrected chi connectivity index (χ1v) is 7.61. The fourth-order valence-corrected chi connectivity index (χ4v) is 3.19. The second kappa shape index (κ2) is 7.16. The van der Waals surface area contributed by atoms with Crippen LogP contribution < -0.4 is 14.8 Å². The molecule has 0 aliphatic carbocycles. The van der Waals surface area contributed by atoms with E-state index in [4.69, 9.17) is 21.1 Å². The Morgan fingerprint density at radius 2 is 1.86 bits per heavy atom. The third-order valence-electron chi connectivity index (χ3n) is 3.26. The number of benzene rings is 2. The number of ether oxygens (including phenoxy) is 2. The number of nitrogens with one attached hydrogen (secondary N) is 1. The van der Waals surface area contributed by atoms with Gasteiger partial charge in [-0.25, -0.2) is 0 Å². The molecule has 3 nitrogen and oxygen atoms in total. The molecule has 2 aromatic carbocycles.